The van der Waals surface area contributed by atoms with Gasteiger partial charge < -0.3 is 4.74 Å². The molecule has 0 spiro atoms. The molecule has 0 fully saturated rings. The first-order chi connectivity index (χ1) is 9.47. The fourth-order valence-electron chi connectivity index (χ4n) is 1.58. The van der Waals surface area contributed by atoms with E-state index in [0.717, 1.165) is 5.56 Å². The van der Waals surface area contributed by atoms with E-state index in [4.69, 9.17) is 27.0 Å². The molecule has 1 aromatic heterocycles. The SMILES string of the molecule is O=S(=O)(Cl)c1ccc(OCCc2cccnc2)c(Cl)c1. The predicted molar refractivity (Wildman–Crippen MR) is 77.9 cm³/mol. The van der Waals surface area contributed by atoms with Gasteiger partial charge >= 0.3 is 0 Å². The highest BCUT2D eigenvalue weighted by molar-refractivity contribution is 8.13. The van der Waals surface area contributed by atoms with Crippen molar-refractivity contribution in [1.29, 1.82) is 0 Å². The minimum Gasteiger partial charge on any atom is -0.492 e. The molecule has 0 aliphatic heterocycles. The van der Waals surface area contributed by atoms with Gasteiger partial charge in [0.25, 0.3) is 9.05 Å². The van der Waals surface area contributed by atoms with Crippen molar-refractivity contribution >= 4 is 31.3 Å². The molecule has 0 N–H and O–H groups in total. The number of benzene rings is 1. The van der Waals surface area contributed by atoms with Crippen LogP contribution in [0.1, 0.15) is 5.56 Å². The number of hydrogen-bond acceptors (Lipinski definition) is 4. The van der Waals surface area contributed by atoms with Crippen LogP contribution in [0, 0.1) is 0 Å². The van der Waals surface area contributed by atoms with E-state index in [-0.39, 0.29) is 9.92 Å². The van der Waals surface area contributed by atoms with E-state index in [1.54, 1.807) is 12.4 Å². The van der Waals surface area contributed by atoms with E-state index in [1.807, 2.05) is 12.1 Å². The molecular formula is C13H11Cl2NO3S. The van der Waals surface area contributed by atoms with Gasteiger partial charge in [0.05, 0.1) is 16.5 Å². The normalized spacial score (nSPS) is 11.3. The molecule has 106 valence electrons. The molecule has 0 unspecified atom stereocenters. The maximum atomic E-state index is 11.2. The van der Waals surface area contributed by atoms with Crippen LogP contribution in [-0.2, 0) is 15.5 Å². The van der Waals surface area contributed by atoms with Crippen LogP contribution in [0.3, 0.4) is 0 Å². The number of nitrogens with zero attached hydrogens (tertiary/aromatic N) is 1. The summed E-state index contributed by atoms with van der Waals surface area (Å²) in [6.45, 7) is 0.415. The van der Waals surface area contributed by atoms with Gasteiger partial charge in [-0.05, 0) is 29.8 Å². The van der Waals surface area contributed by atoms with E-state index >= 15 is 0 Å². The third-order valence-corrected chi connectivity index (χ3v) is 4.20. The molecule has 2 aromatic rings. The molecule has 0 bridgehead atoms. The highest BCUT2D eigenvalue weighted by Crippen LogP contribution is 2.28. The summed E-state index contributed by atoms with van der Waals surface area (Å²) in [5.41, 5.74) is 1.04. The molecular weight excluding hydrogens is 321 g/mol. The second-order valence-corrected chi connectivity index (χ2v) is 6.96. The van der Waals surface area contributed by atoms with Crippen molar-refractivity contribution in [2.24, 2.45) is 0 Å². The summed E-state index contributed by atoms with van der Waals surface area (Å²) in [6.07, 6.45) is 4.14. The van der Waals surface area contributed by atoms with Gasteiger partial charge in [0, 0.05) is 29.5 Å². The predicted octanol–water partition coefficient (Wildman–Crippen LogP) is 3.28. The van der Waals surface area contributed by atoms with E-state index in [1.165, 1.54) is 18.2 Å². The van der Waals surface area contributed by atoms with Gasteiger partial charge in [-0.2, -0.15) is 0 Å². The lowest BCUT2D eigenvalue weighted by Crippen LogP contribution is -2.02. The van der Waals surface area contributed by atoms with Crippen LogP contribution in [-0.4, -0.2) is 20.0 Å². The Labute approximate surface area is 126 Å². The summed E-state index contributed by atoms with van der Waals surface area (Å²) in [5, 5.41) is 0.206. The Balaban J connectivity index is 2.00. The number of hydrogen-bond donors (Lipinski definition) is 0. The maximum absolute atomic E-state index is 11.2. The highest BCUT2D eigenvalue weighted by Gasteiger charge is 2.12. The Morgan fingerprint density at radius 1 is 1.25 bits per heavy atom. The number of pyridine rings is 1. The first kappa shape index (κ1) is 15.1. The molecule has 1 aromatic carbocycles. The number of rotatable bonds is 5. The lowest BCUT2D eigenvalue weighted by molar-refractivity contribution is 0.322. The molecule has 4 nitrogen and oxygen atoms in total. The van der Waals surface area contributed by atoms with Crippen LogP contribution in [0.4, 0.5) is 0 Å². The van der Waals surface area contributed by atoms with Crippen molar-refractivity contribution in [3.05, 3.63) is 53.3 Å². The summed E-state index contributed by atoms with van der Waals surface area (Å²) < 4.78 is 27.8. The number of aromatic nitrogens is 1. The molecule has 0 atom stereocenters. The average Bonchev–Trinajstić information content (AvgIpc) is 2.40. The summed E-state index contributed by atoms with van der Waals surface area (Å²) in [4.78, 5) is 3.95. The first-order valence-electron chi connectivity index (χ1n) is 5.73. The summed E-state index contributed by atoms with van der Waals surface area (Å²) in [7, 11) is 1.45. The fraction of sp³-hybridized carbons (Fsp3) is 0.154. The Bertz CT molecular complexity index is 690. The van der Waals surface area contributed by atoms with E-state index in [0.29, 0.717) is 18.8 Å². The van der Waals surface area contributed by atoms with Crippen molar-refractivity contribution in [3.63, 3.8) is 0 Å². The van der Waals surface area contributed by atoms with Gasteiger partial charge in [0.1, 0.15) is 5.75 Å². The third-order valence-electron chi connectivity index (χ3n) is 2.56. The standard InChI is InChI=1S/C13H11Cl2NO3S/c14-12-8-11(20(15,17)18)3-4-13(12)19-7-5-10-2-1-6-16-9-10/h1-4,6,8-9H,5,7H2. The van der Waals surface area contributed by atoms with Gasteiger partial charge in [-0.25, -0.2) is 8.42 Å². The quantitative estimate of drug-likeness (QED) is 0.789. The fourth-order valence-corrected chi connectivity index (χ4v) is 2.65. The third kappa shape index (κ3) is 4.10. The lowest BCUT2D eigenvalue weighted by atomic mass is 10.2. The monoisotopic (exact) mass is 331 g/mol. The number of ether oxygens (including phenoxy) is 1. The largest absolute Gasteiger partial charge is 0.492 e. The van der Waals surface area contributed by atoms with Crippen molar-refractivity contribution in [3.8, 4) is 5.75 Å². The summed E-state index contributed by atoms with van der Waals surface area (Å²) in [6, 6.07) is 7.90. The Hall–Kier alpha value is -1.30. The average molecular weight is 332 g/mol. The molecule has 0 aliphatic carbocycles. The van der Waals surface area contributed by atoms with Crippen LogP contribution in [0.25, 0.3) is 0 Å². The molecule has 0 aliphatic rings. The molecule has 1 heterocycles. The van der Waals surface area contributed by atoms with E-state index < -0.39 is 9.05 Å². The zero-order valence-electron chi connectivity index (χ0n) is 10.3. The zero-order chi connectivity index (χ0) is 14.6. The van der Waals surface area contributed by atoms with Gasteiger partial charge in [-0.1, -0.05) is 17.7 Å². The summed E-state index contributed by atoms with van der Waals surface area (Å²) in [5.74, 6) is 0.416. The van der Waals surface area contributed by atoms with Crippen LogP contribution in [0.15, 0.2) is 47.6 Å². The Kier molecular flexibility index (Phi) is 4.86. The molecule has 20 heavy (non-hydrogen) atoms. The highest BCUT2D eigenvalue weighted by atomic mass is 35.7. The molecule has 0 saturated carbocycles. The summed E-state index contributed by atoms with van der Waals surface area (Å²) >= 11 is 5.96. The second kappa shape index (κ2) is 6.43. The molecule has 2 rings (SSSR count). The maximum Gasteiger partial charge on any atom is 0.261 e. The van der Waals surface area contributed by atoms with Crippen LogP contribution >= 0.6 is 22.3 Å². The number of halogens is 2. The first-order valence-corrected chi connectivity index (χ1v) is 8.41. The minimum absolute atomic E-state index is 0.0521. The van der Waals surface area contributed by atoms with Crippen molar-refractivity contribution in [2.75, 3.05) is 6.61 Å². The van der Waals surface area contributed by atoms with Gasteiger partial charge in [-0.15, -0.1) is 0 Å². The smallest absolute Gasteiger partial charge is 0.261 e. The Morgan fingerprint density at radius 2 is 2.05 bits per heavy atom. The second-order valence-electron chi connectivity index (χ2n) is 3.99. The zero-order valence-corrected chi connectivity index (χ0v) is 12.6. The molecule has 0 amide bonds. The van der Waals surface area contributed by atoms with Crippen molar-refractivity contribution in [2.45, 2.75) is 11.3 Å². The van der Waals surface area contributed by atoms with Crippen molar-refractivity contribution < 1.29 is 13.2 Å². The minimum atomic E-state index is -3.78. The van der Waals surface area contributed by atoms with E-state index in [2.05, 4.69) is 4.98 Å². The van der Waals surface area contributed by atoms with Crippen molar-refractivity contribution in [1.82, 2.24) is 4.98 Å². The van der Waals surface area contributed by atoms with Gasteiger partial charge in [0.15, 0.2) is 0 Å². The van der Waals surface area contributed by atoms with Crippen LogP contribution in [0.5, 0.6) is 5.75 Å². The van der Waals surface area contributed by atoms with Crippen LogP contribution in [0.2, 0.25) is 5.02 Å². The van der Waals surface area contributed by atoms with Gasteiger partial charge in [0.2, 0.25) is 0 Å². The Morgan fingerprint density at radius 3 is 2.65 bits per heavy atom. The molecule has 0 radical (unpaired) electrons. The van der Waals surface area contributed by atoms with E-state index in [9.17, 15) is 8.42 Å². The molecule has 7 heteroatoms. The lowest BCUT2D eigenvalue weighted by Gasteiger charge is -2.08. The topological polar surface area (TPSA) is 56.3 Å². The van der Waals surface area contributed by atoms with Gasteiger partial charge in [-0.3, -0.25) is 4.98 Å². The van der Waals surface area contributed by atoms with Crippen LogP contribution < -0.4 is 4.74 Å². The molecule has 0 saturated heterocycles.